The highest BCUT2D eigenvalue weighted by molar-refractivity contribution is 5.85. The first-order chi connectivity index (χ1) is 8.20. The van der Waals surface area contributed by atoms with Gasteiger partial charge in [-0.15, -0.1) is 5.12 Å². The molecule has 0 radical (unpaired) electrons. The Kier molecular flexibility index (Phi) is 3.85. The number of nitro groups is 1. The molecule has 0 aliphatic carbocycles. The van der Waals surface area contributed by atoms with Gasteiger partial charge in [-0.2, -0.15) is 0 Å². The van der Waals surface area contributed by atoms with Gasteiger partial charge in [-0.25, -0.2) is 4.79 Å². The minimum Gasteiger partial charge on any atom is -0.442 e. The van der Waals surface area contributed by atoms with Crippen LogP contribution in [0.5, 0.6) is 0 Å². The van der Waals surface area contributed by atoms with Crippen molar-refractivity contribution in [1.82, 2.24) is 0 Å². The number of benzene rings is 1. The Balaban J connectivity index is 2.90. The van der Waals surface area contributed by atoms with Crippen LogP contribution in [0, 0.1) is 10.1 Å². The number of nitrogens with zero attached hydrogens (tertiary/aromatic N) is 2. The third kappa shape index (κ3) is 3.69. The minimum atomic E-state index is -1.22. The Morgan fingerprint density at radius 3 is 2.56 bits per heavy atom. The predicted octanol–water partition coefficient (Wildman–Crippen LogP) is 3.22. The van der Waals surface area contributed by atoms with E-state index in [1.165, 1.54) is 18.2 Å². The van der Waals surface area contributed by atoms with Gasteiger partial charge in [0.25, 0.3) is 5.69 Å². The zero-order chi connectivity index (χ0) is 13.9. The van der Waals surface area contributed by atoms with Crippen LogP contribution in [0.4, 0.5) is 20.7 Å². The largest absolute Gasteiger partial charge is 0.443 e. The number of rotatable bonds is 2. The van der Waals surface area contributed by atoms with Gasteiger partial charge in [0.15, 0.2) is 0 Å². The zero-order valence-corrected chi connectivity index (χ0v) is 10.2. The van der Waals surface area contributed by atoms with Gasteiger partial charge in [-0.1, -0.05) is 10.5 Å². The molecule has 0 aliphatic rings. The molecule has 7 heteroatoms. The average molecular weight is 256 g/mol. The molecule has 0 bridgehead atoms. The van der Waals surface area contributed by atoms with Crippen molar-refractivity contribution in [2.45, 2.75) is 26.4 Å². The fourth-order valence-electron chi connectivity index (χ4n) is 1.14. The first-order valence-corrected chi connectivity index (χ1v) is 5.14. The van der Waals surface area contributed by atoms with Crippen molar-refractivity contribution in [3.63, 3.8) is 0 Å². The second-order valence-corrected chi connectivity index (χ2v) is 4.54. The third-order valence-electron chi connectivity index (χ3n) is 1.82. The molecular weight excluding hydrogens is 243 g/mol. The van der Waals surface area contributed by atoms with Gasteiger partial charge >= 0.3 is 6.09 Å². The maximum atomic E-state index is 13.6. The van der Waals surface area contributed by atoms with Gasteiger partial charge in [0.2, 0.25) is 0 Å². The highest BCUT2D eigenvalue weighted by Gasteiger charge is 2.24. The first-order valence-electron chi connectivity index (χ1n) is 5.14. The predicted molar refractivity (Wildman–Crippen MR) is 62.9 cm³/mol. The number of carbonyl (C=O) groups excluding carboxylic acids is 1. The average Bonchev–Trinajstić information content (AvgIpc) is 2.26. The SMILES string of the molecule is CC(C)(C)OC(=O)N(F)c1cccc([N+](=O)[O-])c1. The zero-order valence-electron chi connectivity index (χ0n) is 10.2. The van der Waals surface area contributed by atoms with E-state index in [0.717, 1.165) is 6.07 Å². The summed E-state index contributed by atoms with van der Waals surface area (Å²) in [6.07, 6.45) is -1.22. The molecule has 6 nitrogen and oxygen atoms in total. The smallest absolute Gasteiger partial charge is 0.442 e. The molecule has 0 fully saturated rings. The van der Waals surface area contributed by atoms with Gasteiger partial charge in [-0.3, -0.25) is 10.1 Å². The Morgan fingerprint density at radius 2 is 2.06 bits per heavy atom. The fourth-order valence-corrected chi connectivity index (χ4v) is 1.14. The second-order valence-electron chi connectivity index (χ2n) is 4.54. The van der Waals surface area contributed by atoms with E-state index in [2.05, 4.69) is 0 Å². The monoisotopic (exact) mass is 256 g/mol. The maximum absolute atomic E-state index is 13.6. The molecule has 0 spiro atoms. The number of hydrogen-bond donors (Lipinski definition) is 0. The lowest BCUT2D eigenvalue weighted by molar-refractivity contribution is -0.384. The van der Waals surface area contributed by atoms with Crippen molar-refractivity contribution in [3.05, 3.63) is 34.4 Å². The molecule has 0 saturated carbocycles. The van der Waals surface area contributed by atoms with E-state index in [0.29, 0.717) is 0 Å². The Morgan fingerprint density at radius 1 is 1.44 bits per heavy atom. The topological polar surface area (TPSA) is 72.7 Å². The lowest BCUT2D eigenvalue weighted by Gasteiger charge is -2.21. The molecule has 1 aromatic rings. The number of nitro benzene ring substituents is 1. The molecule has 0 unspecified atom stereocenters. The Hall–Kier alpha value is -2.18. The first kappa shape index (κ1) is 13.9. The molecule has 0 saturated heterocycles. The summed E-state index contributed by atoms with van der Waals surface area (Å²) >= 11 is 0. The van der Waals surface area contributed by atoms with Crippen molar-refractivity contribution in [2.75, 3.05) is 5.12 Å². The molecule has 0 heterocycles. The van der Waals surface area contributed by atoms with Crippen molar-refractivity contribution in [2.24, 2.45) is 0 Å². The fraction of sp³-hybridized carbons (Fsp3) is 0.364. The second kappa shape index (κ2) is 4.99. The van der Waals surface area contributed by atoms with Crippen LogP contribution in [0.25, 0.3) is 0 Å². The van der Waals surface area contributed by atoms with Crippen molar-refractivity contribution in [3.8, 4) is 0 Å². The summed E-state index contributed by atoms with van der Waals surface area (Å²) in [4.78, 5) is 21.2. The molecule has 0 aliphatic heterocycles. The van der Waals surface area contributed by atoms with E-state index in [9.17, 15) is 19.4 Å². The summed E-state index contributed by atoms with van der Waals surface area (Å²) in [6.45, 7) is 4.77. The molecule has 18 heavy (non-hydrogen) atoms. The standard InChI is InChI=1S/C11H13FN2O4/c1-11(2,3)18-10(15)13(12)8-5-4-6-9(7-8)14(16)17/h4-7H,1-3H3. The van der Waals surface area contributed by atoms with Crippen molar-refractivity contribution >= 4 is 17.5 Å². The lowest BCUT2D eigenvalue weighted by Crippen LogP contribution is -2.31. The summed E-state index contributed by atoms with van der Waals surface area (Å²) in [5, 5.41) is 10.3. The van der Waals surface area contributed by atoms with Gasteiger partial charge in [0, 0.05) is 12.1 Å². The number of anilines is 1. The third-order valence-corrected chi connectivity index (χ3v) is 1.82. The number of non-ortho nitro benzene ring substituents is 1. The van der Waals surface area contributed by atoms with E-state index in [-0.39, 0.29) is 16.5 Å². The number of halogens is 1. The van der Waals surface area contributed by atoms with E-state index in [1.807, 2.05) is 0 Å². The highest BCUT2D eigenvalue weighted by atomic mass is 19.2. The lowest BCUT2D eigenvalue weighted by atomic mass is 10.2. The van der Waals surface area contributed by atoms with Crippen molar-refractivity contribution < 1.29 is 18.9 Å². The molecule has 0 N–H and O–H groups in total. The van der Waals surface area contributed by atoms with E-state index < -0.39 is 16.6 Å². The van der Waals surface area contributed by atoms with Crippen LogP contribution < -0.4 is 5.12 Å². The molecule has 0 atom stereocenters. The number of amides is 1. The summed E-state index contributed by atoms with van der Waals surface area (Å²) in [7, 11) is 0. The molecule has 98 valence electrons. The van der Waals surface area contributed by atoms with Crippen LogP contribution in [0.15, 0.2) is 24.3 Å². The van der Waals surface area contributed by atoms with E-state index in [4.69, 9.17) is 4.74 Å². The number of hydrogen-bond acceptors (Lipinski definition) is 4. The summed E-state index contributed by atoms with van der Waals surface area (Å²) < 4.78 is 18.4. The van der Waals surface area contributed by atoms with Crippen LogP contribution in [-0.2, 0) is 4.74 Å². The van der Waals surface area contributed by atoms with Crippen LogP contribution in [0.2, 0.25) is 0 Å². The summed E-state index contributed by atoms with van der Waals surface area (Å²) in [5.41, 5.74) is -1.40. The van der Waals surface area contributed by atoms with Gasteiger partial charge in [0.1, 0.15) is 5.60 Å². The van der Waals surface area contributed by atoms with Crippen LogP contribution in [0.3, 0.4) is 0 Å². The molecule has 0 aromatic heterocycles. The van der Waals surface area contributed by atoms with Crippen LogP contribution in [0.1, 0.15) is 20.8 Å². The maximum Gasteiger partial charge on any atom is 0.443 e. The van der Waals surface area contributed by atoms with Gasteiger partial charge < -0.3 is 4.74 Å². The van der Waals surface area contributed by atoms with Crippen LogP contribution in [-0.4, -0.2) is 16.6 Å². The van der Waals surface area contributed by atoms with E-state index >= 15 is 0 Å². The molecule has 1 amide bonds. The number of ether oxygens (including phenoxy) is 1. The quantitative estimate of drug-likeness (QED) is 0.462. The van der Waals surface area contributed by atoms with Gasteiger partial charge in [0.05, 0.1) is 10.6 Å². The Labute approximate surface area is 103 Å². The van der Waals surface area contributed by atoms with E-state index in [1.54, 1.807) is 20.8 Å². The minimum absolute atomic E-state index is 0.251. The normalized spacial score (nSPS) is 10.9. The van der Waals surface area contributed by atoms with Crippen molar-refractivity contribution in [1.29, 1.82) is 0 Å². The summed E-state index contributed by atoms with van der Waals surface area (Å²) in [6, 6.07) is 4.66. The molecular formula is C11H13FN2O4. The summed E-state index contributed by atoms with van der Waals surface area (Å²) in [5.74, 6) is 0. The highest BCUT2D eigenvalue weighted by Crippen LogP contribution is 2.23. The molecule has 1 rings (SSSR count). The Bertz CT molecular complexity index is 470. The van der Waals surface area contributed by atoms with Gasteiger partial charge in [-0.05, 0) is 26.8 Å². The van der Waals surface area contributed by atoms with Crippen LogP contribution >= 0.6 is 0 Å². The number of carbonyl (C=O) groups is 1. The molecule has 1 aromatic carbocycles.